The van der Waals surface area contributed by atoms with Crippen LogP contribution in [0.4, 0.5) is 0 Å². The van der Waals surface area contributed by atoms with Crippen LogP contribution in [0, 0.1) is 11.3 Å². The van der Waals surface area contributed by atoms with Gasteiger partial charge in [-0.1, -0.05) is 58.0 Å². The van der Waals surface area contributed by atoms with E-state index in [2.05, 4.69) is 27.1 Å². The third kappa shape index (κ3) is 2.94. The monoisotopic (exact) mass is 369 g/mol. The lowest BCUT2D eigenvalue weighted by Crippen LogP contribution is -1.92. The molecule has 0 aliphatic carbocycles. The van der Waals surface area contributed by atoms with Crippen LogP contribution in [0.25, 0.3) is 11.3 Å². The van der Waals surface area contributed by atoms with E-state index in [0.29, 0.717) is 5.56 Å². The molecule has 3 aromatic rings. The molecule has 0 bridgehead atoms. The first-order chi connectivity index (χ1) is 10.7. The van der Waals surface area contributed by atoms with Gasteiger partial charge in [-0.25, -0.2) is 0 Å². The highest BCUT2D eigenvalue weighted by Crippen LogP contribution is 2.35. The molecule has 0 saturated heterocycles. The Hall–Kier alpha value is -2.03. The lowest BCUT2D eigenvalue weighted by atomic mass is 10.1. The molecule has 1 heterocycles. The number of nitrogens with zero attached hydrogens (tertiary/aromatic N) is 3. The van der Waals surface area contributed by atoms with Gasteiger partial charge in [0.2, 0.25) is 0 Å². The summed E-state index contributed by atoms with van der Waals surface area (Å²) < 4.78 is 2.81. The highest BCUT2D eigenvalue weighted by Gasteiger charge is 2.18. The molecule has 0 atom stereocenters. The summed E-state index contributed by atoms with van der Waals surface area (Å²) in [6.07, 6.45) is 0. The lowest BCUT2D eigenvalue weighted by Gasteiger charge is -2.02. The average molecular weight is 370 g/mol. The van der Waals surface area contributed by atoms with Gasteiger partial charge in [-0.15, -0.1) is 0 Å². The van der Waals surface area contributed by atoms with E-state index >= 15 is 0 Å². The van der Waals surface area contributed by atoms with Crippen molar-refractivity contribution in [3.05, 3.63) is 64.6 Å². The Bertz CT molecular complexity index is 833. The molecule has 0 N–H and O–H groups in total. The standard InChI is InChI=1S/C17H12BrN3S/c1-21-17(22-14-9-7-13(18)8-10-14)15(11-19)16(20-21)12-5-3-2-4-6-12/h2-10H,1H3. The van der Waals surface area contributed by atoms with Gasteiger partial charge in [-0.3, -0.25) is 4.68 Å². The van der Waals surface area contributed by atoms with Crippen LogP contribution in [0.1, 0.15) is 5.56 Å². The van der Waals surface area contributed by atoms with E-state index < -0.39 is 0 Å². The maximum atomic E-state index is 9.57. The fraction of sp³-hybridized carbons (Fsp3) is 0.0588. The second-order valence-corrected chi connectivity index (χ2v) is 6.66. The molecule has 0 spiro atoms. The van der Waals surface area contributed by atoms with Crippen molar-refractivity contribution in [2.45, 2.75) is 9.92 Å². The highest BCUT2D eigenvalue weighted by molar-refractivity contribution is 9.10. The summed E-state index contributed by atoms with van der Waals surface area (Å²) in [6.45, 7) is 0. The van der Waals surface area contributed by atoms with Gasteiger partial charge in [0.15, 0.2) is 0 Å². The highest BCUT2D eigenvalue weighted by atomic mass is 79.9. The summed E-state index contributed by atoms with van der Waals surface area (Å²) in [5.41, 5.74) is 2.30. The minimum absolute atomic E-state index is 0.613. The number of hydrogen-bond donors (Lipinski definition) is 0. The van der Waals surface area contributed by atoms with Crippen molar-refractivity contribution in [2.75, 3.05) is 0 Å². The third-order valence-electron chi connectivity index (χ3n) is 3.18. The Kier molecular flexibility index (Phi) is 4.32. The molecule has 3 nitrogen and oxygen atoms in total. The van der Waals surface area contributed by atoms with Crippen molar-refractivity contribution >= 4 is 27.7 Å². The van der Waals surface area contributed by atoms with E-state index in [1.165, 1.54) is 0 Å². The Balaban J connectivity index is 2.04. The quantitative estimate of drug-likeness (QED) is 0.660. The topological polar surface area (TPSA) is 41.6 Å². The van der Waals surface area contributed by atoms with Gasteiger partial charge in [0.05, 0.1) is 0 Å². The third-order valence-corrected chi connectivity index (χ3v) is 4.88. The molecule has 1 aromatic heterocycles. The van der Waals surface area contributed by atoms with Crippen molar-refractivity contribution in [1.82, 2.24) is 9.78 Å². The summed E-state index contributed by atoms with van der Waals surface area (Å²) in [7, 11) is 1.87. The average Bonchev–Trinajstić information content (AvgIpc) is 2.86. The summed E-state index contributed by atoms with van der Waals surface area (Å²) in [5, 5.41) is 15.0. The fourth-order valence-electron chi connectivity index (χ4n) is 2.14. The van der Waals surface area contributed by atoms with Crippen molar-refractivity contribution in [3.8, 4) is 17.3 Å². The summed E-state index contributed by atoms with van der Waals surface area (Å²) in [4.78, 5) is 1.07. The molecule has 0 saturated carbocycles. The molecule has 2 aromatic carbocycles. The van der Waals surface area contributed by atoms with Gasteiger partial charge in [0.1, 0.15) is 22.4 Å². The summed E-state index contributed by atoms with van der Waals surface area (Å²) in [5.74, 6) is 0. The normalized spacial score (nSPS) is 10.4. The van der Waals surface area contributed by atoms with Crippen molar-refractivity contribution < 1.29 is 0 Å². The maximum absolute atomic E-state index is 9.57. The SMILES string of the molecule is Cn1nc(-c2ccccc2)c(C#N)c1Sc1ccc(Br)cc1. The first kappa shape index (κ1) is 14.9. The van der Waals surface area contributed by atoms with Gasteiger partial charge in [0, 0.05) is 22.0 Å². The first-order valence-corrected chi connectivity index (χ1v) is 8.26. The molecule has 0 aliphatic rings. The Morgan fingerprint density at radius 3 is 2.41 bits per heavy atom. The smallest absolute Gasteiger partial charge is 0.117 e. The number of halogens is 1. The number of aryl methyl sites for hydroxylation is 1. The minimum atomic E-state index is 0.613. The van der Waals surface area contributed by atoms with Crippen LogP contribution in [0.15, 0.2) is 69.0 Å². The molecule has 3 rings (SSSR count). The number of benzene rings is 2. The fourth-order valence-corrected chi connectivity index (χ4v) is 3.32. The Morgan fingerprint density at radius 2 is 1.77 bits per heavy atom. The Morgan fingerprint density at radius 1 is 1.09 bits per heavy atom. The largest absolute Gasteiger partial charge is 0.260 e. The van der Waals surface area contributed by atoms with Crippen LogP contribution in [-0.2, 0) is 7.05 Å². The van der Waals surface area contributed by atoms with Crippen LogP contribution in [-0.4, -0.2) is 9.78 Å². The van der Waals surface area contributed by atoms with E-state index in [4.69, 9.17) is 0 Å². The first-order valence-electron chi connectivity index (χ1n) is 6.65. The zero-order chi connectivity index (χ0) is 15.5. The van der Waals surface area contributed by atoms with Crippen LogP contribution < -0.4 is 0 Å². The van der Waals surface area contributed by atoms with Gasteiger partial charge >= 0.3 is 0 Å². The van der Waals surface area contributed by atoms with E-state index in [9.17, 15) is 5.26 Å². The molecule has 0 radical (unpaired) electrons. The number of hydrogen-bond acceptors (Lipinski definition) is 3. The zero-order valence-corrected chi connectivity index (χ0v) is 14.2. The second-order valence-electron chi connectivity index (χ2n) is 4.69. The van der Waals surface area contributed by atoms with Gasteiger partial charge in [0.25, 0.3) is 0 Å². The second kappa shape index (κ2) is 6.39. The minimum Gasteiger partial charge on any atom is -0.260 e. The number of aromatic nitrogens is 2. The van der Waals surface area contributed by atoms with Crippen molar-refractivity contribution in [3.63, 3.8) is 0 Å². The molecule has 0 amide bonds. The van der Waals surface area contributed by atoms with Crippen LogP contribution >= 0.6 is 27.7 Å². The number of rotatable bonds is 3. The summed E-state index contributed by atoms with van der Waals surface area (Å²) >= 11 is 4.98. The van der Waals surface area contributed by atoms with E-state index in [0.717, 1.165) is 25.7 Å². The number of nitriles is 1. The molecule has 5 heteroatoms. The van der Waals surface area contributed by atoms with Crippen LogP contribution in [0.5, 0.6) is 0 Å². The van der Waals surface area contributed by atoms with Crippen molar-refractivity contribution in [2.24, 2.45) is 7.05 Å². The Labute approximate surface area is 141 Å². The van der Waals surface area contributed by atoms with E-state index in [1.807, 2.05) is 61.6 Å². The van der Waals surface area contributed by atoms with Crippen molar-refractivity contribution in [1.29, 1.82) is 5.26 Å². The van der Waals surface area contributed by atoms with Gasteiger partial charge < -0.3 is 0 Å². The maximum Gasteiger partial charge on any atom is 0.117 e. The zero-order valence-electron chi connectivity index (χ0n) is 11.8. The van der Waals surface area contributed by atoms with E-state index in [-0.39, 0.29) is 0 Å². The molecule has 108 valence electrons. The predicted molar refractivity (Wildman–Crippen MR) is 91.6 cm³/mol. The van der Waals surface area contributed by atoms with E-state index in [1.54, 1.807) is 16.4 Å². The predicted octanol–water partition coefficient (Wildman–Crippen LogP) is 4.87. The molecular formula is C17H12BrN3S. The van der Waals surface area contributed by atoms with Crippen LogP contribution in [0.2, 0.25) is 0 Å². The molecular weight excluding hydrogens is 358 g/mol. The molecule has 0 unspecified atom stereocenters. The summed E-state index contributed by atoms with van der Waals surface area (Å²) in [6, 6.07) is 20.1. The lowest BCUT2D eigenvalue weighted by molar-refractivity contribution is 0.700. The van der Waals surface area contributed by atoms with Gasteiger partial charge in [-0.05, 0) is 24.3 Å². The molecule has 0 aliphatic heterocycles. The molecule has 22 heavy (non-hydrogen) atoms. The van der Waals surface area contributed by atoms with Gasteiger partial charge in [-0.2, -0.15) is 10.4 Å². The van der Waals surface area contributed by atoms with Crippen LogP contribution in [0.3, 0.4) is 0 Å². The molecule has 0 fully saturated rings.